The number of aliphatic imine (C=N–C) groups is 2. The highest BCUT2D eigenvalue weighted by Crippen LogP contribution is 2.07. The Hall–Kier alpha value is -2.28. The molecular weight excluding hydrogens is 328 g/mol. The number of carbonyl (C=O) groups is 1. The highest BCUT2D eigenvalue weighted by atomic mass is 35.5. The van der Waals surface area contributed by atoms with Gasteiger partial charge in [0.1, 0.15) is 0 Å². The summed E-state index contributed by atoms with van der Waals surface area (Å²) in [6.07, 6.45) is 2.26. The molecule has 0 atom stereocenters. The van der Waals surface area contributed by atoms with Gasteiger partial charge in [0.05, 0.1) is 6.54 Å². The number of amides is 1. The van der Waals surface area contributed by atoms with E-state index in [1.165, 1.54) is 0 Å². The van der Waals surface area contributed by atoms with Gasteiger partial charge in [-0.2, -0.15) is 4.99 Å². The van der Waals surface area contributed by atoms with Crippen molar-refractivity contribution in [2.24, 2.45) is 21.5 Å². The van der Waals surface area contributed by atoms with Crippen molar-refractivity contribution in [3.05, 3.63) is 35.4 Å². The van der Waals surface area contributed by atoms with Crippen LogP contribution in [0, 0.1) is 0 Å². The van der Waals surface area contributed by atoms with Crippen molar-refractivity contribution in [1.29, 1.82) is 0 Å². The Kier molecular flexibility index (Phi) is 8.05. The minimum absolute atomic E-state index is 0. The molecule has 0 unspecified atom stereocenters. The molecule has 1 aliphatic rings. The highest BCUT2D eigenvalue weighted by molar-refractivity contribution is 5.94. The van der Waals surface area contributed by atoms with Crippen molar-refractivity contribution in [3.63, 3.8) is 0 Å². The second-order valence-electron chi connectivity index (χ2n) is 5.39. The number of nitrogens with one attached hydrogen (secondary N) is 1. The quantitative estimate of drug-likeness (QED) is 0.556. The van der Waals surface area contributed by atoms with Crippen LogP contribution in [0.25, 0.3) is 0 Å². The molecule has 0 radical (unpaired) electrons. The van der Waals surface area contributed by atoms with Gasteiger partial charge in [0.2, 0.25) is 5.96 Å². The summed E-state index contributed by atoms with van der Waals surface area (Å²) in [5, 5.41) is 2.76. The Morgan fingerprint density at radius 2 is 1.83 bits per heavy atom. The van der Waals surface area contributed by atoms with Gasteiger partial charge >= 0.3 is 0 Å². The van der Waals surface area contributed by atoms with Crippen molar-refractivity contribution in [1.82, 2.24) is 10.2 Å². The number of guanidine groups is 2. The molecule has 8 heteroatoms. The Morgan fingerprint density at radius 1 is 1.21 bits per heavy atom. The minimum atomic E-state index is -0.0787. The van der Waals surface area contributed by atoms with Gasteiger partial charge in [-0.3, -0.25) is 4.79 Å². The first kappa shape index (κ1) is 19.8. The van der Waals surface area contributed by atoms with E-state index in [2.05, 4.69) is 15.3 Å². The van der Waals surface area contributed by atoms with Gasteiger partial charge in [-0.1, -0.05) is 12.1 Å². The Bertz CT molecular complexity index is 593. The molecular formula is C16H25ClN6O. The van der Waals surface area contributed by atoms with Gasteiger partial charge in [0.25, 0.3) is 5.91 Å². The van der Waals surface area contributed by atoms with Crippen LogP contribution in [0.4, 0.5) is 0 Å². The van der Waals surface area contributed by atoms with Gasteiger partial charge < -0.3 is 21.7 Å². The first-order chi connectivity index (χ1) is 11.1. The van der Waals surface area contributed by atoms with Crippen LogP contribution in [-0.4, -0.2) is 42.4 Å². The molecule has 1 amide bonds. The van der Waals surface area contributed by atoms with E-state index < -0.39 is 0 Å². The molecule has 7 nitrogen and oxygen atoms in total. The molecule has 5 N–H and O–H groups in total. The molecule has 2 rings (SSSR count). The maximum absolute atomic E-state index is 11.7. The predicted octanol–water partition coefficient (Wildman–Crippen LogP) is 1.08. The number of carbonyl (C=O) groups excluding carboxylic acids is 1. The van der Waals surface area contributed by atoms with Crippen LogP contribution in [0.2, 0.25) is 0 Å². The summed E-state index contributed by atoms with van der Waals surface area (Å²) in [4.78, 5) is 22.0. The van der Waals surface area contributed by atoms with Crippen molar-refractivity contribution >= 4 is 30.2 Å². The third-order valence-corrected chi connectivity index (χ3v) is 3.64. The third kappa shape index (κ3) is 5.73. The number of nitrogens with zero attached hydrogens (tertiary/aromatic N) is 3. The predicted molar refractivity (Wildman–Crippen MR) is 99.5 cm³/mol. The summed E-state index contributed by atoms with van der Waals surface area (Å²) in [6.45, 7) is 4.74. The zero-order valence-electron chi connectivity index (χ0n) is 13.9. The molecule has 0 bridgehead atoms. The first-order valence-electron chi connectivity index (χ1n) is 7.86. The third-order valence-electron chi connectivity index (χ3n) is 3.64. The molecule has 1 saturated heterocycles. The molecule has 1 heterocycles. The minimum Gasteiger partial charge on any atom is -0.369 e. The summed E-state index contributed by atoms with van der Waals surface area (Å²) < 4.78 is 0. The summed E-state index contributed by atoms with van der Waals surface area (Å²) in [5.41, 5.74) is 13.3. The molecule has 1 fully saturated rings. The fourth-order valence-electron chi connectivity index (χ4n) is 2.37. The maximum Gasteiger partial charge on any atom is 0.251 e. The van der Waals surface area contributed by atoms with Crippen LogP contribution < -0.4 is 16.8 Å². The van der Waals surface area contributed by atoms with Crippen molar-refractivity contribution in [2.75, 3.05) is 19.6 Å². The van der Waals surface area contributed by atoms with Gasteiger partial charge in [-0.15, -0.1) is 12.4 Å². The van der Waals surface area contributed by atoms with Crippen LogP contribution in [-0.2, 0) is 6.54 Å². The number of hydrogen-bond donors (Lipinski definition) is 3. The van der Waals surface area contributed by atoms with E-state index in [0.29, 0.717) is 24.6 Å². The van der Waals surface area contributed by atoms with E-state index >= 15 is 0 Å². The number of nitrogens with two attached hydrogens (primary N) is 2. The molecule has 0 aromatic heterocycles. The molecule has 0 aliphatic carbocycles. The lowest BCUT2D eigenvalue weighted by Crippen LogP contribution is -2.36. The van der Waals surface area contributed by atoms with Gasteiger partial charge in [-0.05, 0) is 37.5 Å². The van der Waals surface area contributed by atoms with Crippen LogP contribution in [0.3, 0.4) is 0 Å². The zero-order chi connectivity index (χ0) is 16.7. The standard InChI is InChI=1S/C16H24N6O.ClH/c1-2-19-14(23)13-7-5-12(6-8-13)11-20-15(17)21-16(18)22-9-3-4-10-22;/h5-8H,2-4,9-11H2,1H3,(H,19,23)(H4,17,18,20,21);1H. The normalized spacial score (nSPS) is 15.1. The Balaban J connectivity index is 0.00000288. The summed E-state index contributed by atoms with van der Waals surface area (Å²) >= 11 is 0. The van der Waals surface area contributed by atoms with E-state index in [4.69, 9.17) is 11.5 Å². The van der Waals surface area contributed by atoms with E-state index in [-0.39, 0.29) is 24.3 Å². The Morgan fingerprint density at radius 3 is 2.42 bits per heavy atom. The second kappa shape index (κ2) is 9.77. The lowest BCUT2D eigenvalue weighted by atomic mass is 10.1. The average Bonchev–Trinajstić information content (AvgIpc) is 3.08. The van der Waals surface area contributed by atoms with Gasteiger partial charge in [0.15, 0.2) is 5.96 Å². The summed E-state index contributed by atoms with van der Waals surface area (Å²) in [6, 6.07) is 7.26. The molecule has 1 aromatic rings. The van der Waals surface area contributed by atoms with Crippen LogP contribution in [0.15, 0.2) is 34.3 Å². The highest BCUT2D eigenvalue weighted by Gasteiger charge is 2.13. The first-order valence-corrected chi connectivity index (χ1v) is 7.86. The van der Waals surface area contributed by atoms with E-state index in [1.54, 1.807) is 12.1 Å². The van der Waals surface area contributed by atoms with E-state index in [1.807, 2.05) is 24.0 Å². The smallest absolute Gasteiger partial charge is 0.251 e. The summed E-state index contributed by atoms with van der Waals surface area (Å²) in [5.74, 6) is 0.516. The fourth-order valence-corrected chi connectivity index (χ4v) is 2.37. The fraction of sp³-hybridized carbons (Fsp3) is 0.438. The van der Waals surface area contributed by atoms with Crippen molar-refractivity contribution in [3.8, 4) is 0 Å². The van der Waals surface area contributed by atoms with E-state index in [0.717, 1.165) is 31.5 Å². The topological polar surface area (TPSA) is 109 Å². The van der Waals surface area contributed by atoms with Crippen LogP contribution in [0.5, 0.6) is 0 Å². The average molecular weight is 353 g/mol. The molecule has 1 aromatic carbocycles. The zero-order valence-corrected chi connectivity index (χ0v) is 14.7. The number of benzene rings is 1. The number of likely N-dealkylation sites (tertiary alicyclic amines) is 1. The molecule has 132 valence electrons. The molecule has 0 spiro atoms. The maximum atomic E-state index is 11.7. The molecule has 24 heavy (non-hydrogen) atoms. The second-order valence-corrected chi connectivity index (χ2v) is 5.39. The summed E-state index contributed by atoms with van der Waals surface area (Å²) in [7, 11) is 0. The SMILES string of the molecule is CCNC(=O)c1ccc(CN=C(N)N=C(N)N2CCCC2)cc1.Cl. The van der Waals surface area contributed by atoms with Gasteiger partial charge in [0, 0.05) is 25.2 Å². The van der Waals surface area contributed by atoms with Gasteiger partial charge in [-0.25, -0.2) is 4.99 Å². The van der Waals surface area contributed by atoms with E-state index in [9.17, 15) is 4.79 Å². The molecule has 0 saturated carbocycles. The lowest BCUT2D eigenvalue weighted by Gasteiger charge is -2.15. The molecule has 1 aliphatic heterocycles. The Labute approximate surface area is 148 Å². The van der Waals surface area contributed by atoms with Crippen molar-refractivity contribution in [2.45, 2.75) is 26.3 Å². The largest absolute Gasteiger partial charge is 0.369 e. The van der Waals surface area contributed by atoms with Crippen LogP contribution in [0.1, 0.15) is 35.7 Å². The number of halogens is 1. The van der Waals surface area contributed by atoms with Crippen molar-refractivity contribution < 1.29 is 4.79 Å². The van der Waals surface area contributed by atoms with Crippen LogP contribution >= 0.6 is 12.4 Å². The number of rotatable bonds is 4. The number of hydrogen-bond acceptors (Lipinski definition) is 2. The lowest BCUT2D eigenvalue weighted by molar-refractivity contribution is 0.0956. The monoisotopic (exact) mass is 352 g/mol.